The second kappa shape index (κ2) is 12.8. The number of nitrogens with one attached hydrogen (secondary N) is 2. The van der Waals surface area contributed by atoms with Crippen molar-refractivity contribution in [2.45, 2.75) is 92.8 Å². The van der Waals surface area contributed by atoms with Gasteiger partial charge in [-0.1, -0.05) is 33.6 Å². The molecule has 150 valence electrons. The molecule has 0 heterocycles. The van der Waals surface area contributed by atoms with Gasteiger partial charge in [0.05, 0.1) is 0 Å². The van der Waals surface area contributed by atoms with E-state index in [1.807, 2.05) is 55.4 Å². The molecule has 6 nitrogen and oxygen atoms in total. The third-order valence-corrected chi connectivity index (χ3v) is 2.50. The number of amides is 2. The van der Waals surface area contributed by atoms with Crippen LogP contribution in [0.5, 0.6) is 0 Å². The Labute approximate surface area is 154 Å². The van der Waals surface area contributed by atoms with Crippen LogP contribution in [0, 0.1) is 5.92 Å². The predicted octanol–water partition coefficient (Wildman–Crippen LogP) is 4.87. The molecule has 0 rings (SSSR count). The molecule has 0 unspecified atom stereocenters. The summed E-state index contributed by atoms with van der Waals surface area (Å²) in [5.74, 6) is 0.456. The molecule has 2 N–H and O–H groups in total. The van der Waals surface area contributed by atoms with Crippen molar-refractivity contribution in [2.75, 3.05) is 13.1 Å². The Hall–Kier alpha value is -1.46. The van der Waals surface area contributed by atoms with Crippen molar-refractivity contribution in [2.24, 2.45) is 5.92 Å². The average Bonchev–Trinajstić information content (AvgIpc) is 2.38. The Morgan fingerprint density at radius 1 is 0.840 bits per heavy atom. The summed E-state index contributed by atoms with van der Waals surface area (Å²) in [6.45, 7) is 18.7. The summed E-state index contributed by atoms with van der Waals surface area (Å²) in [7, 11) is 0. The molecule has 0 aliphatic heterocycles. The van der Waals surface area contributed by atoms with Gasteiger partial charge in [0.2, 0.25) is 0 Å². The van der Waals surface area contributed by atoms with Gasteiger partial charge in [-0.25, -0.2) is 9.59 Å². The van der Waals surface area contributed by atoms with Gasteiger partial charge in [-0.3, -0.25) is 0 Å². The fourth-order valence-electron chi connectivity index (χ4n) is 1.48. The Kier molecular flexibility index (Phi) is 13.2. The summed E-state index contributed by atoms with van der Waals surface area (Å²) >= 11 is 0. The molecule has 25 heavy (non-hydrogen) atoms. The highest BCUT2D eigenvalue weighted by Crippen LogP contribution is 2.07. The normalized spacial score (nSPS) is 11.3. The van der Waals surface area contributed by atoms with Gasteiger partial charge in [-0.05, 0) is 53.9 Å². The lowest BCUT2D eigenvalue weighted by molar-refractivity contribution is 0.0512. The first-order valence-corrected chi connectivity index (χ1v) is 9.20. The standard InChI is InChI=1S/C10H21NO2.C9H19NO2/c1-5-6-7-8-11-9(12)13-10(2,3)4;1-7(2)6-10-8(11)12-9(3,4)5/h5-8H2,1-4H3,(H,11,12);7H,6H2,1-5H3,(H,10,11). The maximum Gasteiger partial charge on any atom is 0.407 e. The maximum absolute atomic E-state index is 11.1. The monoisotopic (exact) mass is 360 g/mol. The number of carbonyl (C=O) groups is 2. The number of unbranched alkanes of at least 4 members (excludes halogenated alkanes) is 2. The summed E-state index contributed by atoms with van der Waals surface area (Å²) in [6, 6.07) is 0. The smallest absolute Gasteiger partial charge is 0.407 e. The van der Waals surface area contributed by atoms with Crippen molar-refractivity contribution in [3.8, 4) is 0 Å². The van der Waals surface area contributed by atoms with Gasteiger partial charge in [0.1, 0.15) is 11.2 Å². The zero-order chi connectivity index (χ0) is 20.1. The zero-order valence-corrected chi connectivity index (χ0v) is 17.7. The topological polar surface area (TPSA) is 76.7 Å². The van der Waals surface area contributed by atoms with Gasteiger partial charge in [0.25, 0.3) is 0 Å². The molecule has 0 saturated carbocycles. The second-order valence-electron chi connectivity index (χ2n) is 8.41. The lowest BCUT2D eigenvalue weighted by Gasteiger charge is -2.20. The Balaban J connectivity index is 0. The Bertz CT molecular complexity index is 369. The van der Waals surface area contributed by atoms with Crippen LogP contribution in [0.2, 0.25) is 0 Å². The van der Waals surface area contributed by atoms with E-state index in [0.717, 1.165) is 19.3 Å². The largest absolute Gasteiger partial charge is 0.444 e. The number of hydrogen-bond donors (Lipinski definition) is 2. The fraction of sp³-hybridized carbons (Fsp3) is 0.895. The number of ether oxygens (including phenoxy) is 2. The molecule has 2 amide bonds. The van der Waals surface area contributed by atoms with E-state index in [2.05, 4.69) is 17.6 Å². The van der Waals surface area contributed by atoms with Gasteiger partial charge in [0, 0.05) is 13.1 Å². The van der Waals surface area contributed by atoms with Crippen molar-refractivity contribution in [1.82, 2.24) is 10.6 Å². The van der Waals surface area contributed by atoms with Crippen molar-refractivity contribution >= 4 is 12.2 Å². The minimum absolute atomic E-state index is 0.316. The fourth-order valence-corrected chi connectivity index (χ4v) is 1.48. The third-order valence-electron chi connectivity index (χ3n) is 2.50. The van der Waals surface area contributed by atoms with E-state index < -0.39 is 11.2 Å². The van der Waals surface area contributed by atoms with Crippen LogP contribution in [-0.4, -0.2) is 36.5 Å². The molecule has 0 spiro atoms. The Morgan fingerprint density at radius 3 is 1.64 bits per heavy atom. The summed E-state index contributed by atoms with van der Waals surface area (Å²) in [5, 5.41) is 5.39. The minimum atomic E-state index is -0.402. The first kappa shape index (κ1) is 25.8. The van der Waals surface area contributed by atoms with Crippen LogP contribution in [0.4, 0.5) is 9.59 Å². The second-order valence-corrected chi connectivity index (χ2v) is 8.41. The summed E-state index contributed by atoms with van der Waals surface area (Å²) in [6.07, 6.45) is 2.68. The lowest BCUT2D eigenvalue weighted by atomic mass is 10.2. The molecule has 0 fully saturated rings. The van der Waals surface area contributed by atoms with Crippen LogP contribution in [0.1, 0.15) is 81.6 Å². The molecule has 0 aliphatic carbocycles. The van der Waals surface area contributed by atoms with E-state index in [0.29, 0.717) is 19.0 Å². The van der Waals surface area contributed by atoms with E-state index in [4.69, 9.17) is 9.47 Å². The summed E-state index contributed by atoms with van der Waals surface area (Å²) in [4.78, 5) is 22.1. The van der Waals surface area contributed by atoms with Crippen LogP contribution in [0.15, 0.2) is 0 Å². The van der Waals surface area contributed by atoms with Crippen molar-refractivity contribution in [1.29, 1.82) is 0 Å². The first-order valence-electron chi connectivity index (χ1n) is 9.20. The highest BCUT2D eigenvalue weighted by atomic mass is 16.6. The number of alkyl carbamates (subject to hydrolysis) is 2. The van der Waals surface area contributed by atoms with Gasteiger partial charge >= 0.3 is 12.2 Å². The van der Waals surface area contributed by atoms with Crippen LogP contribution in [-0.2, 0) is 9.47 Å². The highest BCUT2D eigenvalue weighted by molar-refractivity contribution is 5.67. The van der Waals surface area contributed by atoms with Crippen LogP contribution in [0.25, 0.3) is 0 Å². The molecule has 6 heteroatoms. The maximum atomic E-state index is 11.1. The Morgan fingerprint density at radius 2 is 1.28 bits per heavy atom. The molecular weight excluding hydrogens is 320 g/mol. The number of hydrogen-bond acceptors (Lipinski definition) is 4. The van der Waals surface area contributed by atoms with Gasteiger partial charge in [-0.2, -0.15) is 0 Å². The average molecular weight is 361 g/mol. The molecular formula is C19H40N2O4. The molecule has 0 aliphatic rings. The number of carbonyl (C=O) groups excluding carboxylic acids is 2. The first-order chi connectivity index (χ1) is 11.3. The quantitative estimate of drug-likeness (QED) is 0.663. The lowest BCUT2D eigenvalue weighted by Crippen LogP contribution is -2.34. The molecule has 0 atom stereocenters. The van der Waals surface area contributed by atoms with Crippen molar-refractivity contribution in [3.05, 3.63) is 0 Å². The predicted molar refractivity (Wildman–Crippen MR) is 103 cm³/mol. The minimum Gasteiger partial charge on any atom is -0.444 e. The van der Waals surface area contributed by atoms with Gasteiger partial charge in [0.15, 0.2) is 0 Å². The SMILES string of the molecule is CC(C)CNC(=O)OC(C)(C)C.CCCCCNC(=O)OC(C)(C)C. The van der Waals surface area contributed by atoms with Crippen molar-refractivity contribution < 1.29 is 19.1 Å². The summed E-state index contributed by atoms with van der Waals surface area (Å²) in [5.41, 5.74) is -0.796. The van der Waals surface area contributed by atoms with E-state index in [-0.39, 0.29) is 12.2 Å². The third kappa shape index (κ3) is 24.9. The van der Waals surface area contributed by atoms with Crippen LogP contribution in [0.3, 0.4) is 0 Å². The molecule has 0 aromatic heterocycles. The van der Waals surface area contributed by atoms with E-state index in [1.54, 1.807) is 0 Å². The molecule has 0 aromatic carbocycles. The van der Waals surface area contributed by atoms with E-state index >= 15 is 0 Å². The van der Waals surface area contributed by atoms with Crippen molar-refractivity contribution in [3.63, 3.8) is 0 Å². The van der Waals surface area contributed by atoms with Gasteiger partial charge in [-0.15, -0.1) is 0 Å². The molecule has 0 radical (unpaired) electrons. The molecule has 0 bridgehead atoms. The number of rotatable bonds is 6. The van der Waals surface area contributed by atoms with Crippen LogP contribution >= 0.6 is 0 Å². The van der Waals surface area contributed by atoms with E-state index in [1.165, 1.54) is 0 Å². The molecule has 0 aromatic rings. The zero-order valence-electron chi connectivity index (χ0n) is 17.7. The molecule has 0 saturated heterocycles. The van der Waals surface area contributed by atoms with Gasteiger partial charge < -0.3 is 20.1 Å². The van der Waals surface area contributed by atoms with E-state index in [9.17, 15) is 9.59 Å². The highest BCUT2D eigenvalue weighted by Gasteiger charge is 2.16. The summed E-state index contributed by atoms with van der Waals surface area (Å²) < 4.78 is 10.1. The van der Waals surface area contributed by atoms with Crippen LogP contribution < -0.4 is 10.6 Å².